The van der Waals surface area contributed by atoms with Gasteiger partial charge in [-0.3, -0.25) is 9.69 Å². The van der Waals surface area contributed by atoms with Crippen LogP contribution in [0.1, 0.15) is 40.7 Å². The van der Waals surface area contributed by atoms with Crippen molar-refractivity contribution in [2.45, 2.75) is 26.1 Å². The van der Waals surface area contributed by atoms with E-state index in [0.717, 1.165) is 12.1 Å². The largest absolute Gasteiger partial charge is 0.416 e. The maximum absolute atomic E-state index is 12.9. The molecule has 1 fully saturated rings. The maximum atomic E-state index is 12.9. The van der Waals surface area contributed by atoms with Crippen molar-refractivity contribution in [3.05, 3.63) is 53.2 Å². The van der Waals surface area contributed by atoms with E-state index in [9.17, 15) is 18.0 Å². The van der Waals surface area contributed by atoms with Crippen molar-refractivity contribution in [3.8, 4) is 11.4 Å². The second kappa shape index (κ2) is 8.14. The fourth-order valence-corrected chi connectivity index (χ4v) is 3.45. The van der Waals surface area contributed by atoms with Gasteiger partial charge in [0, 0.05) is 37.8 Å². The number of benzene rings is 1. The van der Waals surface area contributed by atoms with Crippen LogP contribution in [-0.2, 0) is 6.18 Å². The molecule has 0 N–H and O–H groups in total. The van der Waals surface area contributed by atoms with Crippen molar-refractivity contribution in [2.24, 2.45) is 0 Å². The summed E-state index contributed by atoms with van der Waals surface area (Å²) in [6.07, 6.45) is -4.45. The molecule has 1 saturated heterocycles. The summed E-state index contributed by atoms with van der Waals surface area (Å²) >= 11 is 0. The van der Waals surface area contributed by atoms with Gasteiger partial charge in [-0.25, -0.2) is 0 Å². The molecule has 1 amide bonds. The highest BCUT2D eigenvalue weighted by Gasteiger charge is 2.32. The van der Waals surface area contributed by atoms with E-state index in [0.29, 0.717) is 37.8 Å². The molecule has 1 aliphatic rings. The first-order valence-corrected chi connectivity index (χ1v) is 9.70. The van der Waals surface area contributed by atoms with E-state index in [-0.39, 0.29) is 29.1 Å². The Labute approximate surface area is 175 Å². The van der Waals surface area contributed by atoms with Crippen molar-refractivity contribution in [2.75, 3.05) is 26.2 Å². The molecule has 11 heteroatoms. The second-order valence-electron chi connectivity index (χ2n) is 7.37. The Morgan fingerprint density at radius 1 is 1.10 bits per heavy atom. The number of hydrogen-bond acceptors (Lipinski definition) is 7. The number of alkyl halides is 3. The smallest absolute Gasteiger partial charge is 0.351 e. The Balaban J connectivity index is 1.41. The number of aromatic nitrogens is 3. The predicted molar refractivity (Wildman–Crippen MR) is 102 cm³/mol. The zero-order valence-electron chi connectivity index (χ0n) is 16.9. The van der Waals surface area contributed by atoms with Crippen molar-refractivity contribution >= 4 is 5.91 Å². The Morgan fingerprint density at radius 3 is 2.48 bits per heavy atom. The van der Waals surface area contributed by atoms with Gasteiger partial charge in [0.25, 0.3) is 5.91 Å². The molecule has 3 heterocycles. The molecular weight excluding hydrogens is 415 g/mol. The van der Waals surface area contributed by atoms with Gasteiger partial charge in [-0.05, 0) is 26.0 Å². The van der Waals surface area contributed by atoms with Crippen LogP contribution in [0.2, 0.25) is 0 Å². The Kier molecular flexibility index (Phi) is 5.52. The van der Waals surface area contributed by atoms with Crippen LogP contribution in [0.3, 0.4) is 0 Å². The van der Waals surface area contributed by atoms with Gasteiger partial charge in [-0.2, -0.15) is 18.2 Å². The Morgan fingerprint density at radius 2 is 1.84 bits per heavy atom. The van der Waals surface area contributed by atoms with E-state index in [1.807, 2.05) is 6.92 Å². The number of piperazine rings is 1. The number of amides is 1. The molecule has 0 saturated carbocycles. The zero-order valence-corrected chi connectivity index (χ0v) is 16.9. The minimum absolute atomic E-state index is 0.0995. The van der Waals surface area contributed by atoms with E-state index in [1.54, 1.807) is 17.9 Å². The van der Waals surface area contributed by atoms with Gasteiger partial charge < -0.3 is 13.9 Å². The van der Waals surface area contributed by atoms with Crippen molar-refractivity contribution in [1.29, 1.82) is 0 Å². The maximum Gasteiger partial charge on any atom is 0.416 e. The summed E-state index contributed by atoms with van der Waals surface area (Å²) in [5.74, 6) is 0.402. The molecule has 0 radical (unpaired) electrons. The zero-order chi connectivity index (χ0) is 22.2. The van der Waals surface area contributed by atoms with Gasteiger partial charge in [0.05, 0.1) is 17.3 Å². The first-order valence-electron chi connectivity index (χ1n) is 9.70. The van der Waals surface area contributed by atoms with Crippen LogP contribution >= 0.6 is 0 Å². The number of hydrogen-bond donors (Lipinski definition) is 0. The third kappa shape index (κ3) is 4.46. The molecule has 8 nitrogen and oxygen atoms in total. The molecule has 31 heavy (non-hydrogen) atoms. The standard InChI is InChI=1S/C20H20F3N5O3/c1-12-10-16(30-25-12)19(29)28-8-6-27(7-9-28)13(2)18-24-17(26-31-18)14-4-3-5-15(11-14)20(21,22)23/h3-5,10-11,13H,6-9H2,1-2H3. The van der Waals surface area contributed by atoms with Gasteiger partial charge in [0.2, 0.25) is 17.5 Å². The first kappa shape index (κ1) is 21.0. The highest BCUT2D eigenvalue weighted by Crippen LogP contribution is 2.32. The summed E-state index contributed by atoms with van der Waals surface area (Å²) in [5.41, 5.74) is 0.102. The monoisotopic (exact) mass is 435 g/mol. The normalized spacial score (nSPS) is 16.5. The number of carbonyl (C=O) groups is 1. The lowest BCUT2D eigenvalue weighted by Gasteiger charge is -2.36. The molecule has 164 valence electrons. The summed E-state index contributed by atoms with van der Waals surface area (Å²) in [4.78, 5) is 20.5. The summed E-state index contributed by atoms with van der Waals surface area (Å²) < 4.78 is 49.2. The Bertz CT molecular complexity index is 1070. The topological polar surface area (TPSA) is 88.5 Å². The molecule has 1 aromatic carbocycles. The average molecular weight is 435 g/mol. The molecule has 1 atom stereocenters. The van der Waals surface area contributed by atoms with Crippen LogP contribution in [0, 0.1) is 6.92 Å². The van der Waals surface area contributed by atoms with Crippen molar-refractivity contribution in [1.82, 2.24) is 25.1 Å². The number of rotatable bonds is 4. The third-order valence-corrected chi connectivity index (χ3v) is 5.24. The van der Waals surface area contributed by atoms with Gasteiger partial charge >= 0.3 is 6.18 Å². The number of aryl methyl sites for hydroxylation is 1. The molecule has 2 aromatic heterocycles. The lowest BCUT2D eigenvalue weighted by molar-refractivity contribution is -0.137. The van der Waals surface area contributed by atoms with E-state index >= 15 is 0 Å². The van der Waals surface area contributed by atoms with Crippen molar-refractivity contribution < 1.29 is 27.0 Å². The molecule has 0 spiro atoms. The van der Waals surface area contributed by atoms with Gasteiger partial charge in [0.15, 0.2) is 0 Å². The SMILES string of the molecule is Cc1cc(C(=O)N2CCN(C(C)c3nc(-c4cccc(C(F)(F)F)c4)no3)CC2)on1. The fraction of sp³-hybridized carbons (Fsp3) is 0.400. The minimum atomic E-state index is -4.45. The predicted octanol–water partition coefficient (Wildman–Crippen LogP) is 3.57. The van der Waals surface area contributed by atoms with E-state index < -0.39 is 11.7 Å². The molecule has 4 rings (SSSR count). The van der Waals surface area contributed by atoms with Crippen LogP contribution in [0.5, 0.6) is 0 Å². The van der Waals surface area contributed by atoms with Gasteiger partial charge in [0.1, 0.15) is 0 Å². The van der Waals surface area contributed by atoms with E-state index in [2.05, 4.69) is 20.2 Å². The van der Waals surface area contributed by atoms with Crippen LogP contribution in [0.4, 0.5) is 13.2 Å². The quantitative estimate of drug-likeness (QED) is 0.619. The lowest BCUT2D eigenvalue weighted by Crippen LogP contribution is -2.49. The van der Waals surface area contributed by atoms with Crippen LogP contribution in [-0.4, -0.2) is 57.2 Å². The lowest BCUT2D eigenvalue weighted by atomic mass is 10.1. The molecule has 1 aliphatic heterocycles. The summed E-state index contributed by atoms with van der Waals surface area (Å²) in [6, 6.07) is 6.15. The second-order valence-corrected chi connectivity index (χ2v) is 7.37. The molecule has 0 bridgehead atoms. The van der Waals surface area contributed by atoms with Gasteiger partial charge in [-0.15, -0.1) is 0 Å². The van der Waals surface area contributed by atoms with E-state index in [1.165, 1.54) is 12.1 Å². The van der Waals surface area contributed by atoms with Crippen LogP contribution < -0.4 is 0 Å². The highest BCUT2D eigenvalue weighted by molar-refractivity contribution is 5.91. The Hall–Kier alpha value is -3.21. The van der Waals surface area contributed by atoms with Gasteiger partial charge in [-0.1, -0.05) is 22.4 Å². The summed E-state index contributed by atoms with van der Waals surface area (Å²) in [7, 11) is 0. The number of nitrogens with zero attached hydrogens (tertiary/aromatic N) is 5. The average Bonchev–Trinajstić information content (AvgIpc) is 3.42. The summed E-state index contributed by atoms with van der Waals surface area (Å²) in [5, 5.41) is 7.59. The molecule has 0 aliphatic carbocycles. The number of carbonyl (C=O) groups excluding carboxylic acids is 1. The summed E-state index contributed by atoms with van der Waals surface area (Å²) in [6.45, 7) is 5.73. The van der Waals surface area contributed by atoms with E-state index in [4.69, 9.17) is 9.05 Å². The molecule has 3 aromatic rings. The van der Waals surface area contributed by atoms with Crippen LogP contribution in [0.15, 0.2) is 39.4 Å². The molecular formula is C20H20F3N5O3. The van der Waals surface area contributed by atoms with Crippen molar-refractivity contribution in [3.63, 3.8) is 0 Å². The third-order valence-electron chi connectivity index (χ3n) is 5.24. The van der Waals surface area contributed by atoms with Crippen LogP contribution in [0.25, 0.3) is 11.4 Å². The molecule has 1 unspecified atom stereocenters. The minimum Gasteiger partial charge on any atom is -0.351 e. The fourth-order valence-electron chi connectivity index (χ4n) is 3.45. The first-order chi connectivity index (χ1) is 14.7. The highest BCUT2D eigenvalue weighted by atomic mass is 19.4. The number of halogens is 3.